The smallest absolute Gasteiger partial charge is 0.380 e. The van der Waals surface area contributed by atoms with E-state index in [1.165, 1.54) is 5.57 Å². The van der Waals surface area contributed by atoms with Crippen molar-refractivity contribution in [2.45, 2.75) is 70.6 Å². The van der Waals surface area contributed by atoms with Gasteiger partial charge in [-0.2, -0.15) is 13.2 Å². The molecule has 0 heterocycles. The summed E-state index contributed by atoms with van der Waals surface area (Å²) in [6.45, 7) is 2.20. The number of allylic oxidation sites excluding steroid dienone is 1. The van der Waals surface area contributed by atoms with Crippen LogP contribution in [0.1, 0.15) is 58.3 Å². The van der Waals surface area contributed by atoms with E-state index in [2.05, 4.69) is 12.8 Å². The summed E-state index contributed by atoms with van der Waals surface area (Å²) in [6.07, 6.45) is 5.98. The number of ketones is 1. The number of aliphatic hydroxyl groups is 1. The van der Waals surface area contributed by atoms with E-state index in [9.17, 15) is 23.1 Å². The lowest BCUT2D eigenvalue weighted by Crippen LogP contribution is -2.56. The predicted molar refractivity (Wildman–Crippen MR) is 95.4 cm³/mol. The van der Waals surface area contributed by atoms with Crippen LogP contribution in [0.5, 0.6) is 0 Å². The molecule has 7 atom stereocenters. The molecule has 0 bridgehead atoms. The quantitative estimate of drug-likeness (QED) is 0.671. The molecule has 4 aliphatic rings. The van der Waals surface area contributed by atoms with Crippen LogP contribution in [-0.2, 0) is 4.79 Å². The first-order chi connectivity index (χ1) is 12.6. The average Bonchev–Trinajstić information content (AvgIpc) is 3.02. The number of hydrogen-bond donors (Lipinski definition) is 1. The number of hydrogen-bond acceptors (Lipinski definition) is 2. The summed E-state index contributed by atoms with van der Waals surface area (Å²) in [5.41, 5.74) is -0.147. The van der Waals surface area contributed by atoms with Crippen molar-refractivity contribution in [1.29, 1.82) is 0 Å². The minimum Gasteiger partial charge on any atom is -0.380 e. The first-order valence-electron chi connectivity index (χ1n) is 10.1. The van der Waals surface area contributed by atoms with Crippen LogP contribution in [-0.4, -0.2) is 23.2 Å². The van der Waals surface area contributed by atoms with Crippen molar-refractivity contribution in [2.75, 3.05) is 0 Å². The van der Waals surface area contributed by atoms with E-state index in [-0.39, 0.29) is 35.4 Å². The van der Waals surface area contributed by atoms with E-state index < -0.39 is 23.6 Å². The number of carbonyl (C=O) groups excluding carboxylic acids is 1. The SMILES string of the molecule is C#CC(O)[C@]12CC[C@H]3[C@@H](CCC4=CC(=O)CC[C@@]43C)[C@@H]1CC[C@H]2C(F)(F)F. The highest BCUT2D eigenvalue weighted by molar-refractivity contribution is 5.91. The third-order valence-corrected chi connectivity index (χ3v) is 8.61. The molecule has 4 rings (SSSR count). The molecule has 2 nitrogen and oxygen atoms in total. The van der Waals surface area contributed by atoms with Crippen molar-refractivity contribution >= 4 is 5.78 Å². The Hall–Kier alpha value is -1.28. The summed E-state index contributed by atoms with van der Waals surface area (Å²) >= 11 is 0. The molecule has 0 aliphatic heterocycles. The molecule has 3 fully saturated rings. The highest BCUT2D eigenvalue weighted by Crippen LogP contribution is 2.69. The zero-order valence-corrected chi connectivity index (χ0v) is 15.7. The van der Waals surface area contributed by atoms with Crippen LogP contribution >= 0.6 is 0 Å². The largest absolute Gasteiger partial charge is 0.392 e. The van der Waals surface area contributed by atoms with E-state index in [1.807, 2.05) is 0 Å². The van der Waals surface area contributed by atoms with Gasteiger partial charge in [0.25, 0.3) is 0 Å². The van der Waals surface area contributed by atoms with Crippen LogP contribution in [0.25, 0.3) is 0 Å². The number of fused-ring (bicyclic) bond motifs is 5. The Balaban J connectivity index is 1.73. The van der Waals surface area contributed by atoms with Crippen LogP contribution < -0.4 is 0 Å². The van der Waals surface area contributed by atoms with Gasteiger partial charge in [-0.15, -0.1) is 6.42 Å². The lowest BCUT2D eigenvalue weighted by atomic mass is 9.45. The van der Waals surface area contributed by atoms with E-state index >= 15 is 0 Å². The Morgan fingerprint density at radius 2 is 1.93 bits per heavy atom. The van der Waals surface area contributed by atoms with Gasteiger partial charge >= 0.3 is 6.18 Å². The Morgan fingerprint density at radius 3 is 2.59 bits per heavy atom. The molecule has 0 amide bonds. The van der Waals surface area contributed by atoms with Gasteiger partial charge in [-0.3, -0.25) is 4.79 Å². The standard InChI is InChI=1S/C22H27F3O2/c1-3-19(27)21-11-9-16-15(17(21)6-7-18(21)22(23,24)25)5-4-13-12-14(26)8-10-20(13,16)2/h1,12,15-19,27H,4-11H2,2H3/t15-,16+,17+,18-,19?,20+,21-/m1/s1. The molecule has 1 unspecified atom stereocenters. The molecule has 4 aliphatic carbocycles. The van der Waals surface area contributed by atoms with Crippen LogP contribution in [0.3, 0.4) is 0 Å². The summed E-state index contributed by atoms with van der Waals surface area (Å²) in [7, 11) is 0. The fraction of sp³-hybridized carbons (Fsp3) is 0.773. The minimum absolute atomic E-state index is 0.0635. The molecule has 0 aromatic rings. The highest BCUT2D eigenvalue weighted by Gasteiger charge is 2.68. The molecule has 5 heteroatoms. The van der Waals surface area contributed by atoms with Crippen molar-refractivity contribution < 1.29 is 23.1 Å². The lowest BCUT2D eigenvalue weighted by molar-refractivity contribution is -0.230. The molecule has 0 radical (unpaired) electrons. The van der Waals surface area contributed by atoms with Crippen molar-refractivity contribution in [2.24, 2.45) is 34.5 Å². The monoisotopic (exact) mass is 380 g/mol. The molecule has 27 heavy (non-hydrogen) atoms. The fourth-order valence-corrected chi connectivity index (χ4v) is 7.44. The van der Waals surface area contributed by atoms with Crippen LogP contribution in [0, 0.1) is 46.8 Å². The average molecular weight is 380 g/mol. The molecule has 148 valence electrons. The second-order valence-electron chi connectivity index (χ2n) is 9.36. The van der Waals surface area contributed by atoms with Crippen molar-refractivity contribution in [3.05, 3.63) is 11.6 Å². The topological polar surface area (TPSA) is 37.3 Å². The fourth-order valence-electron chi connectivity index (χ4n) is 7.44. The minimum atomic E-state index is -4.33. The van der Waals surface area contributed by atoms with E-state index in [4.69, 9.17) is 6.42 Å². The van der Waals surface area contributed by atoms with Crippen LogP contribution in [0.4, 0.5) is 13.2 Å². The van der Waals surface area contributed by atoms with E-state index in [1.54, 1.807) is 6.08 Å². The number of halogens is 3. The third kappa shape index (κ3) is 2.55. The predicted octanol–water partition coefficient (Wildman–Crippen LogP) is 4.67. The van der Waals surface area contributed by atoms with Gasteiger partial charge in [0.1, 0.15) is 6.10 Å². The van der Waals surface area contributed by atoms with Gasteiger partial charge in [0.05, 0.1) is 5.92 Å². The highest BCUT2D eigenvalue weighted by atomic mass is 19.4. The number of rotatable bonds is 1. The maximum atomic E-state index is 13.9. The lowest BCUT2D eigenvalue weighted by Gasteiger charge is -2.59. The zero-order chi connectivity index (χ0) is 19.6. The van der Waals surface area contributed by atoms with Crippen molar-refractivity contribution in [3.8, 4) is 12.3 Å². The maximum absolute atomic E-state index is 13.9. The van der Waals surface area contributed by atoms with Gasteiger partial charge in [-0.05, 0) is 74.2 Å². The Labute approximate surface area is 158 Å². The zero-order valence-electron chi connectivity index (χ0n) is 15.7. The summed E-state index contributed by atoms with van der Waals surface area (Å²) in [4.78, 5) is 11.9. The van der Waals surface area contributed by atoms with Gasteiger partial charge < -0.3 is 5.11 Å². The Bertz CT molecular complexity index is 718. The molecule has 3 saturated carbocycles. The van der Waals surface area contributed by atoms with Gasteiger partial charge in [-0.1, -0.05) is 18.4 Å². The molecule has 0 spiro atoms. The number of carbonyl (C=O) groups is 1. The molecule has 0 aromatic carbocycles. The molecular formula is C22H27F3O2. The molecule has 0 saturated heterocycles. The second-order valence-corrected chi connectivity index (χ2v) is 9.36. The number of alkyl halides is 3. The van der Waals surface area contributed by atoms with Crippen molar-refractivity contribution in [3.63, 3.8) is 0 Å². The normalized spacial score (nSPS) is 45.2. The maximum Gasteiger partial charge on any atom is 0.392 e. The van der Waals surface area contributed by atoms with Crippen LogP contribution in [0.2, 0.25) is 0 Å². The third-order valence-electron chi connectivity index (χ3n) is 8.61. The van der Waals surface area contributed by atoms with Gasteiger partial charge in [-0.25, -0.2) is 0 Å². The first kappa shape index (κ1) is 19.1. The molecule has 0 aromatic heterocycles. The molecular weight excluding hydrogens is 353 g/mol. The first-order valence-corrected chi connectivity index (χ1v) is 10.1. The summed E-state index contributed by atoms with van der Waals surface area (Å²) < 4.78 is 41.6. The Morgan fingerprint density at radius 1 is 1.19 bits per heavy atom. The Kier molecular flexibility index (Phi) is 4.31. The van der Waals surface area contributed by atoms with Gasteiger partial charge in [0.2, 0.25) is 0 Å². The van der Waals surface area contributed by atoms with E-state index in [0.717, 1.165) is 19.3 Å². The summed E-state index contributed by atoms with van der Waals surface area (Å²) in [5, 5.41) is 10.6. The van der Waals surface area contributed by atoms with Gasteiger partial charge in [0.15, 0.2) is 5.78 Å². The molecule has 1 N–H and O–H groups in total. The van der Waals surface area contributed by atoms with Crippen molar-refractivity contribution in [1.82, 2.24) is 0 Å². The second kappa shape index (κ2) is 6.11. The number of aliphatic hydroxyl groups excluding tert-OH is 1. The van der Waals surface area contributed by atoms with Crippen LogP contribution in [0.15, 0.2) is 11.6 Å². The summed E-state index contributed by atoms with van der Waals surface area (Å²) in [6, 6.07) is 0. The summed E-state index contributed by atoms with van der Waals surface area (Å²) in [5.74, 6) is 1.16. The number of terminal acetylenes is 1. The van der Waals surface area contributed by atoms with Gasteiger partial charge in [0, 0.05) is 11.8 Å². The van der Waals surface area contributed by atoms with E-state index in [0.29, 0.717) is 25.7 Å².